The minimum atomic E-state index is -1.09. The number of rotatable bonds is 2. The van der Waals surface area contributed by atoms with Gasteiger partial charge in [-0.3, -0.25) is 4.79 Å². The van der Waals surface area contributed by atoms with E-state index < -0.39 is 5.97 Å². The zero-order chi connectivity index (χ0) is 11.6. The number of halogens is 2. The molecule has 0 aromatic heterocycles. The van der Waals surface area contributed by atoms with Crippen LogP contribution in [-0.2, 0) is 4.79 Å². The predicted octanol–water partition coefficient (Wildman–Crippen LogP) is 2.87. The molecule has 0 fully saturated rings. The van der Waals surface area contributed by atoms with Crippen LogP contribution in [0.15, 0.2) is 21.1 Å². The Morgan fingerprint density at radius 3 is 2.40 bits per heavy atom. The van der Waals surface area contributed by atoms with Gasteiger partial charge in [-0.2, -0.15) is 0 Å². The van der Waals surface area contributed by atoms with Crippen molar-refractivity contribution in [1.82, 2.24) is 0 Å². The second-order valence-corrected chi connectivity index (χ2v) is 4.42. The molecule has 0 bridgehead atoms. The van der Waals surface area contributed by atoms with Crippen LogP contribution in [-0.4, -0.2) is 17.0 Å². The number of benzene rings is 1. The predicted molar refractivity (Wildman–Crippen MR) is 63.1 cm³/mol. The number of aromatic carboxylic acids is 1. The van der Waals surface area contributed by atoms with Gasteiger partial charge in [0.25, 0.3) is 0 Å². The van der Waals surface area contributed by atoms with Crippen LogP contribution < -0.4 is 5.32 Å². The first-order valence-electron chi connectivity index (χ1n) is 3.92. The highest BCUT2D eigenvalue weighted by atomic mass is 79.9. The van der Waals surface area contributed by atoms with E-state index in [0.29, 0.717) is 8.95 Å². The summed E-state index contributed by atoms with van der Waals surface area (Å²) in [7, 11) is 0. The molecular weight excluding hydrogens is 330 g/mol. The lowest BCUT2D eigenvalue weighted by molar-refractivity contribution is -0.114. The summed E-state index contributed by atoms with van der Waals surface area (Å²) in [6.45, 7) is 1.32. The molecule has 0 atom stereocenters. The smallest absolute Gasteiger partial charge is 0.337 e. The van der Waals surface area contributed by atoms with Crippen LogP contribution in [0.4, 0.5) is 5.69 Å². The van der Waals surface area contributed by atoms with Crippen molar-refractivity contribution >= 4 is 49.4 Å². The Labute approximate surface area is 103 Å². The summed E-state index contributed by atoms with van der Waals surface area (Å²) in [6.07, 6.45) is 0. The van der Waals surface area contributed by atoms with E-state index >= 15 is 0 Å². The Kier molecular flexibility index (Phi) is 3.87. The maximum Gasteiger partial charge on any atom is 0.337 e. The minimum Gasteiger partial charge on any atom is -0.478 e. The number of carbonyl (C=O) groups is 2. The largest absolute Gasteiger partial charge is 0.478 e. The van der Waals surface area contributed by atoms with E-state index in [-0.39, 0.29) is 17.2 Å². The van der Waals surface area contributed by atoms with Gasteiger partial charge in [0.1, 0.15) is 0 Å². The number of hydrogen-bond donors (Lipinski definition) is 2. The van der Waals surface area contributed by atoms with Gasteiger partial charge in [-0.05, 0) is 44.0 Å². The van der Waals surface area contributed by atoms with Crippen LogP contribution >= 0.6 is 31.9 Å². The van der Waals surface area contributed by atoms with Gasteiger partial charge in [0.2, 0.25) is 5.91 Å². The molecule has 6 heteroatoms. The molecule has 0 radical (unpaired) electrons. The molecule has 15 heavy (non-hydrogen) atoms. The molecule has 0 aliphatic heterocycles. The van der Waals surface area contributed by atoms with E-state index in [1.807, 2.05) is 0 Å². The SMILES string of the molecule is CC(=O)Nc1c(C(=O)O)ccc(Br)c1Br. The standard InChI is InChI=1S/C9H7Br2NO3/c1-4(13)12-8-5(9(14)15)2-3-6(10)7(8)11/h2-3H,1H3,(H,12,13)(H,14,15). The fourth-order valence-electron chi connectivity index (χ4n) is 1.03. The second kappa shape index (κ2) is 4.76. The van der Waals surface area contributed by atoms with Crippen LogP contribution in [0.1, 0.15) is 17.3 Å². The highest BCUT2D eigenvalue weighted by Crippen LogP contribution is 2.33. The molecule has 80 valence electrons. The summed E-state index contributed by atoms with van der Waals surface area (Å²) in [5, 5.41) is 11.4. The van der Waals surface area contributed by atoms with Gasteiger partial charge >= 0.3 is 5.97 Å². The Balaban J connectivity index is 3.34. The second-order valence-electron chi connectivity index (χ2n) is 2.77. The van der Waals surface area contributed by atoms with Crippen molar-refractivity contribution in [2.24, 2.45) is 0 Å². The van der Waals surface area contributed by atoms with Gasteiger partial charge in [0, 0.05) is 11.4 Å². The van der Waals surface area contributed by atoms with E-state index in [1.54, 1.807) is 6.07 Å². The van der Waals surface area contributed by atoms with Crippen molar-refractivity contribution in [3.05, 3.63) is 26.6 Å². The first-order valence-corrected chi connectivity index (χ1v) is 5.51. The molecule has 0 saturated heterocycles. The van der Waals surface area contributed by atoms with E-state index in [9.17, 15) is 9.59 Å². The van der Waals surface area contributed by atoms with Crippen LogP contribution in [0.25, 0.3) is 0 Å². The number of carboxylic acids is 1. The maximum atomic E-state index is 10.9. The van der Waals surface area contributed by atoms with Gasteiger partial charge in [0.05, 0.1) is 15.7 Å². The van der Waals surface area contributed by atoms with Crippen molar-refractivity contribution in [3.8, 4) is 0 Å². The van der Waals surface area contributed by atoms with E-state index in [1.165, 1.54) is 13.0 Å². The highest BCUT2D eigenvalue weighted by Gasteiger charge is 2.15. The fraction of sp³-hybridized carbons (Fsp3) is 0.111. The molecule has 0 aliphatic carbocycles. The van der Waals surface area contributed by atoms with Crippen molar-refractivity contribution < 1.29 is 14.7 Å². The maximum absolute atomic E-state index is 10.9. The molecule has 0 unspecified atom stereocenters. The van der Waals surface area contributed by atoms with Gasteiger partial charge in [-0.1, -0.05) is 0 Å². The number of hydrogen-bond acceptors (Lipinski definition) is 2. The summed E-state index contributed by atoms with van der Waals surface area (Å²) in [5.74, 6) is -1.41. The monoisotopic (exact) mass is 335 g/mol. The number of carbonyl (C=O) groups excluding carboxylic acids is 1. The fourth-order valence-corrected chi connectivity index (χ4v) is 1.80. The van der Waals surface area contributed by atoms with Gasteiger partial charge < -0.3 is 10.4 Å². The van der Waals surface area contributed by atoms with Crippen LogP contribution in [0.5, 0.6) is 0 Å². The number of anilines is 1. The lowest BCUT2D eigenvalue weighted by Crippen LogP contribution is -2.11. The van der Waals surface area contributed by atoms with Gasteiger partial charge in [0.15, 0.2) is 0 Å². The third-order valence-corrected chi connectivity index (χ3v) is 3.64. The molecule has 1 aromatic rings. The summed E-state index contributed by atoms with van der Waals surface area (Å²) in [5.41, 5.74) is 0.296. The molecular formula is C9H7Br2NO3. The molecule has 1 aromatic carbocycles. The lowest BCUT2D eigenvalue weighted by atomic mass is 10.2. The van der Waals surface area contributed by atoms with E-state index in [4.69, 9.17) is 5.11 Å². The highest BCUT2D eigenvalue weighted by molar-refractivity contribution is 9.13. The normalized spacial score (nSPS) is 9.80. The molecule has 0 aliphatic rings. The summed E-state index contributed by atoms with van der Waals surface area (Å²) >= 11 is 6.43. The van der Waals surface area contributed by atoms with Crippen LogP contribution in [0.3, 0.4) is 0 Å². The average molecular weight is 337 g/mol. The third-order valence-electron chi connectivity index (χ3n) is 1.63. The van der Waals surface area contributed by atoms with Crippen molar-refractivity contribution in [1.29, 1.82) is 0 Å². The van der Waals surface area contributed by atoms with Crippen LogP contribution in [0, 0.1) is 0 Å². The lowest BCUT2D eigenvalue weighted by Gasteiger charge is -2.10. The average Bonchev–Trinajstić information content (AvgIpc) is 2.12. The summed E-state index contributed by atoms with van der Waals surface area (Å²) < 4.78 is 1.19. The molecule has 1 rings (SSSR count). The quantitative estimate of drug-likeness (QED) is 0.872. The molecule has 4 nitrogen and oxygen atoms in total. The summed E-state index contributed by atoms with van der Waals surface area (Å²) in [6, 6.07) is 3.02. The topological polar surface area (TPSA) is 66.4 Å². The Hall–Kier alpha value is -0.880. The minimum absolute atomic E-state index is 0.0419. The Bertz CT molecular complexity index is 432. The first-order chi connectivity index (χ1) is 6.93. The van der Waals surface area contributed by atoms with Crippen molar-refractivity contribution in [3.63, 3.8) is 0 Å². The van der Waals surface area contributed by atoms with Gasteiger partial charge in [-0.25, -0.2) is 4.79 Å². The molecule has 1 amide bonds. The third kappa shape index (κ3) is 2.79. The van der Waals surface area contributed by atoms with Crippen molar-refractivity contribution in [2.45, 2.75) is 6.92 Å². The Morgan fingerprint density at radius 2 is 1.93 bits per heavy atom. The van der Waals surface area contributed by atoms with Gasteiger partial charge in [-0.15, -0.1) is 0 Å². The molecule has 0 spiro atoms. The molecule has 0 heterocycles. The van der Waals surface area contributed by atoms with E-state index in [2.05, 4.69) is 37.2 Å². The summed E-state index contributed by atoms with van der Waals surface area (Å²) in [4.78, 5) is 21.8. The number of carboxylic acid groups (broad SMARTS) is 1. The van der Waals surface area contributed by atoms with Crippen LogP contribution in [0.2, 0.25) is 0 Å². The Morgan fingerprint density at radius 1 is 1.33 bits per heavy atom. The zero-order valence-electron chi connectivity index (χ0n) is 7.67. The van der Waals surface area contributed by atoms with Crippen molar-refractivity contribution in [2.75, 3.05) is 5.32 Å². The number of nitrogens with one attached hydrogen (secondary N) is 1. The first kappa shape index (κ1) is 12.2. The molecule has 0 saturated carbocycles. The molecule has 2 N–H and O–H groups in total. The zero-order valence-corrected chi connectivity index (χ0v) is 10.8. The number of amides is 1. The van der Waals surface area contributed by atoms with E-state index in [0.717, 1.165) is 0 Å².